The van der Waals surface area contributed by atoms with E-state index in [1.165, 1.54) is 0 Å². The molecule has 0 aliphatic rings. The molecule has 0 spiro atoms. The molecule has 0 amide bonds. The number of pyridine rings is 1. The van der Waals surface area contributed by atoms with E-state index < -0.39 is 0 Å². The SMILES string of the molecule is CCOc1cc(I)cnc1Cl. The van der Waals surface area contributed by atoms with Crippen molar-refractivity contribution in [2.75, 3.05) is 6.61 Å². The number of rotatable bonds is 2. The average molecular weight is 283 g/mol. The highest BCUT2D eigenvalue weighted by atomic mass is 127. The Balaban J connectivity index is 2.93. The molecule has 0 aromatic carbocycles. The first-order valence-corrected chi connectivity index (χ1v) is 4.63. The maximum absolute atomic E-state index is 5.74. The van der Waals surface area contributed by atoms with Crippen molar-refractivity contribution < 1.29 is 4.74 Å². The predicted octanol–water partition coefficient (Wildman–Crippen LogP) is 2.74. The van der Waals surface area contributed by atoms with E-state index in [0.717, 1.165) is 3.57 Å². The van der Waals surface area contributed by atoms with Gasteiger partial charge in [0.2, 0.25) is 0 Å². The lowest BCUT2D eigenvalue weighted by atomic mass is 10.5. The van der Waals surface area contributed by atoms with Crippen LogP contribution in [0, 0.1) is 3.57 Å². The fourth-order valence-corrected chi connectivity index (χ4v) is 1.24. The summed E-state index contributed by atoms with van der Waals surface area (Å²) in [4.78, 5) is 3.93. The van der Waals surface area contributed by atoms with E-state index in [0.29, 0.717) is 17.5 Å². The van der Waals surface area contributed by atoms with Gasteiger partial charge in [0.05, 0.1) is 6.61 Å². The third-order valence-corrected chi connectivity index (χ3v) is 1.95. The first-order valence-electron chi connectivity index (χ1n) is 3.18. The number of halogens is 2. The molecule has 0 N–H and O–H groups in total. The minimum absolute atomic E-state index is 0.423. The summed E-state index contributed by atoms with van der Waals surface area (Å²) in [6.07, 6.45) is 1.70. The quantitative estimate of drug-likeness (QED) is 0.615. The molecule has 0 aliphatic heterocycles. The van der Waals surface area contributed by atoms with Crippen molar-refractivity contribution in [3.8, 4) is 5.75 Å². The minimum Gasteiger partial charge on any atom is -0.491 e. The standard InChI is InChI=1S/C7H7ClINO/c1-2-11-6-3-5(9)4-10-7(6)8/h3-4H,2H2,1H3. The van der Waals surface area contributed by atoms with Crippen LogP contribution in [0.3, 0.4) is 0 Å². The second-order valence-electron chi connectivity index (χ2n) is 1.88. The van der Waals surface area contributed by atoms with Crippen LogP contribution in [0.25, 0.3) is 0 Å². The molecule has 60 valence electrons. The van der Waals surface area contributed by atoms with Crippen molar-refractivity contribution in [3.05, 3.63) is 21.0 Å². The van der Waals surface area contributed by atoms with Crippen LogP contribution in [0.5, 0.6) is 5.75 Å². The first kappa shape index (κ1) is 9.06. The van der Waals surface area contributed by atoms with E-state index in [1.54, 1.807) is 6.20 Å². The molecule has 1 aromatic heterocycles. The van der Waals surface area contributed by atoms with Crippen LogP contribution >= 0.6 is 34.2 Å². The van der Waals surface area contributed by atoms with Crippen molar-refractivity contribution in [3.63, 3.8) is 0 Å². The van der Waals surface area contributed by atoms with Crippen LogP contribution in [0.4, 0.5) is 0 Å². The number of ether oxygens (including phenoxy) is 1. The fourth-order valence-electron chi connectivity index (χ4n) is 0.661. The van der Waals surface area contributed by atoms with Crippen molar-refractivity contribution in [2.24, 2.45) is 0 Å². The van der Waals surface area contributed by atoms with Gasteiger partial charge in [-0.15, -0.1) is 0 Å². The first-order chi connectivity index (χ1) is 5.24. The monoisotopic (exact) mass is 283 g/mol. The summed E-state index contributed by atoms with van der Waals surface area (Å²) in [5, 5.41) is 0.423. The zero-order chi connectivity index (χ0) is 8.27. The Hall–Kier alpha value is -0.0300. The number of hydrogen-bond donors (Lipinski definition) is 0. The average Bonchev–Trinajstić information content (AvgIpc) is 1.98. The Morgan fingerprint density at radius 3 is 3.09 bits per heavy atom. The van der Waals surface area contributed by atoms with E-state index in [4.69, 9.17) is 16.3 Å². The molecule has 11 heavy (non-hydrogen) atoms. The molecule has 0 saturated carbocycles. The Labute approximate surface area is 84.1 Å². The van der Waals surface area contributed by atoms with E-state index in [-0.39, 0.29) is 0 Å². The van der Waals surface area contributed by atoms with Gasteiger partial charge in [0.15, 0.2) is 10.9 Å². The molecule has 1 rings (SSSR count). The van der Waals surface area contributed by atoms with E-state index >= 15 is 0 Å². The Morgan fingerprint density at radius 1 is 1.73 bits per heavy atom. The predicted molar refractivity (Wildman–Crippen MR) is 53.1 cm³/mol. The molecule has 0 fully saturated rings. The van der Waals surface area contributed by atoms with Crippen LogP contribution in [0.15, 0.2) is 12.3 Å². The lowest BCUT2D eigenvalue weighted by Crippen LogP contribution is -1.93. The van der Waals surface area contributed by atoms with Crippen molar-refractivity contribution in [1.82, 2.24) is 4.98 Å². The summed E-state index contributed by atoms with van der Waals surface area (Å²) >= 11 is 7.90. The van der Waals surface area contributed by atoms with Crippen molar-refractivity contribution in [2.45, 2.75) is 6.92 Å². The zero-order valence-electron chi connectivity index (χ0n) is 5.97. The molecular weight excluding hydrogens is 276 g/mol. The molecule has 1 aromatic rings. The Kier molecular flexibility index (Phi) is 3.39. The lowest BCUT2D eigenvalue weighted by Gasteiger charge is -2.03. The maximum atomic E-state index is 5.74. The molecule has 0 atom stereocenters. The summed E-state index contributed by atoms with van der Waals surface area (Å²) in [5.41, 5.74) is 0. The van der Waals surface area contributed by atoms with Gasteiger partial charge < -0.3 is 4.74 Å². The molecule has 1 heterocycles. The lowest BCUT2D eigenvalue weighted by molar-refractivity contribution is 0.339. The summed E-state index contributed by atoms with van der Waals surface area (Å²) < 4.78 is 6.24. The molecular formula is C7H7ClINO. The summed E-state index contributed by atoms with van der Waals surface area (Å²) in [5.74, 6) is 0.654. The highest BCUT2D eigenvalue weighted by molar-refractivity contribution is 14.1. The largest absolute Gasteiger partial charge is 0.491 e. The van der Waals surface area contributed by atoms with Gasteiger partial charge in [0.25, 0.3) is 0 Å². The third kappa shape index (κ3) is 2.48. The van der Waals surface area contributed by atoms with Gasteiger partial charge in [-0.05, 0) is 35.6 Å². The van der Waals surface area contributed by atoms with Gasteiger partial charge in [-0.3, -0.25) is 0 Å². The van der Waals surface area contributed by atoms with Gasteiger partial charge in [0.1, 0.15) is 0 Å². The van der Waals surface area contributed by atoms with Gasteiger partial charge >= 0.3 is 0 Å². The van der Waals surface area contributed by atoms with Gasteiger partial charge in [-0.25, -0.2) is 4.98 Å². The maximum Gasteiger partial charge on any atom is 0.171 e. The second kappa shape index (κ2) is 4.11. The van der Waals surface area contributed by atoms with E-state index in [2.05, 4.69) is 27.6 Å². The summed E-state index contributed by atoms with van der Waals surface area (Å²) in [7, 11) is 0. The number of aromatic nitrogens is 1. The molecule has 2 nitrogen and oxygen atoms in total. The molecule has 0 unspecified atom stereocenters. The smallest absolute Gasteiger partial charge is 0.171 e. The number of nitrogens with zero attached hydrogens (tertiary/aromatic N) is 1. The van der Waals surface area contributed by atoms with Crippen LogP contribution in [-0.4, -0.2) is 11.6 Å². The summed E-state index contributed by atoms with van der Waals surface area (Å²) in [6.45, 7) is 2.53. The van der Waals surface area contributed by atoms with Crippen LogP contribution in [-0.2, 0) is 0 Å². The zero-order valence-corrected chi connectivity index (χ0v) is 8.89. The van der Waals surface area contributed by atoms with Gasteiger partial charge in [0, 0.05) is 9.77 Å². The molecule has 4 heteroatoms. The van der Waals surface area contributed by atoms with Gasteiger partial charge in [-0.2, -0.15) is 0 Å². The topological polar surface area (TPSA) is 22.1 Å². The molecule has 0 aliphatic carbocycles. The normalized spacial score (nSPS) is 9.73. The Bertz CT molecular complexity index is 254. The molecule has 0 saturated heterocycles. The third-order valence-electron chi connectivity index (χ3n) is 1.07. The number of hydrogen-bond acceptors (Lipinski definition) is 2. The van der Waals surface area contributed by atoms with Crippen LogP contribution < -0.4 is 4.74 Å². The van der Waals surface area contributed by atoms with Crippen molar-refractivity contribution >= 4 is 34.2 Å². The second-order valence-corrected chi connectivity index (χ2v) is 3.48. The fraction of sp³-hybridized carbons (Fsp3) is 0.286. The van der Waals surface area contributed by atoms with Gasteiger partial charge in [-0.1, -0.05) is 11.6 Å². The van der Waals surface area contributed by atoms with E-state index in [9.17, 15) is 0 Å². The minimum atomic E-state index is 0.423. The highest BCUT2D eigenvalue weighted by Gasteiger charge is 2.01. The molecule has 0 radical (unpaired) electrons. The Morgan fingerprint density at radius 2 is 2.45 bits per heavy atom. The van der Waals surface area contributed by atoms with Crippen LogP contribution in [0.1, 0.15) is 6.92 Å². The highest BCUT2D eigenvalue weighted by Crippen LogP contribution is 2.23. The van der Waals surface area contributed by atoms with Crippen molar-refractivity contribution in [1.29, 1.82) is 0 Å². The van der Waals surface area contributed by atoms with E-state index in [1.807, 2.05) is 13.0 Å². The molecule has 0 bridgehead atoms. The summed E-state index contributed by atoms with van der Waals surface area (Å²) in [6, 6.07) is 1.86. The van der Waals surface area contributed by atoms with Crippen LogP contribution in [0.2, 0.25) is 5.15 Å².